The summed E-state index contributed by atoms with van der Waals surface area (Å²) in [6.07, 6.45) is 1.35. The van der Waals surface area contributed by atoms with Gasteiger partial charge in [-0.25, -0.2) is 4.98 Å². The van der Waals surface area contributed by atoms with E-state index in [1.165, 1.54) is 0 Å². The van der Waals surface area contributed by atoms with E-state index < -0.39 is 0 Å². The number of rotatable bonds is 0. The number of aliphatic hydroxyl groups excluding tert-OH is 1. The summed E-state index contributed by atoms with van der Waals surface area (Å²) in [7, 11) is 2.54. The maximum atomic E-state index is 9.46. The molecule has 0 aliphatic carbocycles. The molecule has 1 N–H and O–H groups in total. The van der Waals surface area contributed by atoms with E-state index in [4.69, 9.17) is 0 Å². The number of anilines is 1. The number of aliphatic hydroxyl groups is 1. The van der Waals surface area contributed by atoms with Crippen LogP contribution in [-0.2, 0) is 0 Å². The van der Waals surface area contributed by atoms with Gasteiger partial charge in [-0.15, -0.1) is 0 Å². The topological polar surface area (TPSA) is 36.4 Å². The third-order valence-electron chi connectivity index (χ3n) is 1.82. The second-order valence-corrected chi connectivity index (χ2v) is 3.21. The molecule has 0 saturated heterocycles. The van der Waals surface area contributed by atoms with Crippen molar-refractivity contribution in [1.82, 2.24) is 4.98 Å². The van der Waals surface area contributed by atoms with Crippen molar-refractivity contribution in [2.75, 3.05) is 11.2 Å². The van der Waals surface area contributed by atoms with Gasteiger partial charge in [0.25, 0.3) is 0 Å². The zero-order chi connectivity index (χ0) is 7.84. The molecular weight excluding hydrogens is 159 g/mol. The summed E-state index contributed by atoms with van der Waals surface area (Å²) in [5.74, 6) is 0.866. The molecule has 0 saturated carbocycles. The van der Waals surface area contributed by atoms with Gasteiger partial charge in [-0.3, -0.25) is 0 Å². The molecule has 0 fully saturated rings. The first-order chi connectivity index (χ1) is 5.29. The maximum absolute atomic E-state index is 9.46. The molecule has 0 spiro atoms. The molecule has 2 unspecified atom stereocenters. The van der Waals surface area contributed by atoms with Crippen molar-refractivity contribution in [3.8, 4) is 0 Å². The number of hydrogen-bond donors (Lipinski definition) is 1. The van der Waals surface area contributed by atoms with Crippen LogP contribution in [-0.4, -0.2) is 16.6 Å². The highest BCUT2D eigenvalue weighted by atomic mass is 31.0. The molecule has 1 aliphatic rings. The molecule has 3 nitrogen and oxygen atoms in total. The van der Waals surface area contributed by atoms with Gasteiger partial charge in [0.05, 0.1) is 6.54 Å². The largest absolute Gasteiger partial charge is 0.386 e. The number of nitrogens with zero attached hydrogens (tertiary/aromatic N) is 2. The first-order valence-electron chi connectivity index (χ1n) is 3.44. The van der Waals surface area contributed by atoms with E-state index in [2.05, 4.69) is 14.4 Å². The molecule has 0 radical (unpaired) electrons. The van der Waals surface area contributed by atoms with Gasteiger partial charge in [0, 0.05) is 11.8 Å². The third kappa shape index (κ3) is 1.01. The van der Waals surface area contributed by atoms with Crippen LogP contribution < -0.4 is 4.67 Å². The molecule has 2 heterocycles. The van der Waals surface area contributed by atoms with Crippen molar-refractivity contribution in [2.45, 2.75) is 6.10 Å². The molecule has 2 rings (SSSR count). The SMILES string of the molecule is OC1CN(P)c2ncccc21. The van der Waals surface area contributed by atoms with Crippen molar-refractivity contribution in [3.05, 3.63) is 23.9 Å². The first-order valence-corrected chi connectivity index (χ1v) is 3.96. The number of pyridine rings is 1. The summed E-state index contributed by atoms with van der Waals surface area (Å²) < 4.78 is 1.88. The first kappa shape index (κ1) is 7.01. The highest BCUT2D eigenvalue weighted by molar-refractivity contribution is 7.19. The van der Waals surface area contributed by atoms with E-state index in [1.807, 2.05) is 16.8 Å². The van der Waals surface area contributed by atoms with Crippen LogP contribution in [0.5, 0.6) is 0 Å². The molecule has 0 bridgehead atoms. The molecule has 11 heavy (non-hydrogen) atoms. The zero-order valence-corrected chi connectivity index (χ0v) is 7.09. The fourth-order valence-electron chi connectivity index (χ4n) is 1.28. The van der Waals surface area contributed by atoms with Crippen LogP contribution in [0.25, 0.3) is 0 Å². The minimum Gasteiger partial charge on any atom is -0.386 e. The van der Waals surface area contributed by atoms with Crippen molar-refractivity contribution in [3.63, 3.8) is 0 Å². The van der Waals surface area contributed by atoms with E-state index in [0.29, 0.717) is 6.54 Å². The van der Waals surface area contributed by atoms with Crippen LogP contribution in [0.15, 0.2) is 18.3 Å². The lowest BCUT2D eigenvalue weighted by molar-refractivity contribution is 0.197. The lowest BCUT2D eigenvalue weighted by atomic mass is 10.2. The molecule has 1 aromatic rings. The minimum atomic E-state index is -0.379. The Labute approximate surface area is 67.3 Å². The van der Waals surface area contributed by atoms with Gasteiger partial charge in [-0.1, -0.05) is 6.07 Å². The van der Waals surface area contributed by atoms with Crippen LogP contribution in [0.2, 0.25) is 0 Å². The predicted octanol–water partition coefficient (Wildman–Crippen LogP) is 0.725. The van der Waals surface area contributed by atoms with E-state index in [0.717, 1.165) is 11.4 Å². The van der Waals surface area contributed by atoms with Gasteiger partial charge in [-0.2, -0.15) is 0 Å². The molecule has 0 amide bonds. The van der Waals surface area contributed by atoms with Crippen molar-refractivity contribution < 1.29 is 5.11 Å². The number of aromatic nitrogens is 1. The molecule has 1 aromatic heterocycles. The molecule has 58 valence electrons. The van der Waals surface area contributed by atoms with E-state index in [-0.39, 0.29) is 6.10 Å². The third-order valence-corrected chi connectivity index (χ3v) is 2.27. The summed E-state index contributed by atoms with van der Waals surface area (Å²) >= 11 is 0. The number of hydrogen-bond acceptors (Lipinski definition) is 3. The normalized spacial score (nSPS) is 22.0. The second-order valence-electron chi connectivity index (χ2n) is 2.58. The summed E-state index contributed by atoms with van der Waals surface area (Å²) in [4.78, 5) is 4.14. The smallest absolute Gasteiger partial charge is 0.137 e. The van der Waals surface area contributed by atoms with Crippen LogP contribution >= 0.6 is 9.39 Å². The molecule has 4 heteroatoms. The van der Waals surface area contributed by atoms with Crippen LogP contribution in [0.3, 0.4) is 0 Å². The van der Waals surface area contributed by atoms with Crippen LogP contribution in [0, 0.1) is 0 Å². The second kappa shape index (κ2) is 2.43. The maximum Gasteiger partial charge on any atom is 0.137 e. The predicted molar refractivity (Wildman–Crippen MR) is 46.3 cm³/mol. The number of β-amino-alcohol motifs (C(OH)–C–C–N with tert-alkyl or cyclic N) is 1. The minimum absolute atomic E-state index is 0.379. The number of fused-ring (bicyclic) bond motifs is 1. The zero-order valence-electron chi connectivity index (χ0n) is 5.94. The Morgan fingerprint density at radius 2 is 2.55 bits per heavy atom. The Morgan fingerprint density at radius 1 is 1.73 bits per heavy atom. The quantitative estimate of drug-likeness (QED) is 0.580. The Balaban J connectivity index is 2.52. The monoisotopic (exact) mass is 168 g/mol. The van der Waals surface area contributed by atoms with Crippen LogP contribution in [0.4, 0.5) is 5.82 Å². The van der Waals surface area contributed by atoms with Gasteiger partial charge >= 0.3 is 0 Å². The van der Waals surface area contributed by atoms with Crippen molar-refractivity contribution in [1.29, 1.82) is 0 Å². The lowest BCUT2D eigenvalue weighted by Crippen LogP contribution is -2.07. The molecular formula is C7H9N2OP. The van der Waals surface area contributed by atoms with Gasteiger partial charge in [0.1, 0.15) is 11.9 Å². The lowest BCUT2D eigenvalue weighted by Gasteiger charge is -2.08. The average molecular weight is 168 g/mol. The highest BCUT2D eigenvalue weighted by Gasteiger charge is 2.24. The average Bonchev–Trinajstić information content (AvgIpc) is 2.30. The van der Waals surface area contributed by atoms with Crippen molar-refractivity contribution in [2.24, 2.45) is 0 Å². The molecule has 0 aromatic carbocycles. The fourth-order valence-corrected chi connectivity index (χ4v) is 1.70. The Hall–Kier alpha value is -0.660. The van der Waals surface area contributed by atoms with Crippen molar-refractivity contribution >= 4 is 15.2 Å². The summed E-state index contributed by atoms with van der Waals surface area (Å²) in [6, 6.07) is 3.74. The summed E-state index contributed by atoms with van der Waals surface area (Å²) in [5, 5.41) is 9.46. The van der Waals surface area contributed by atoms with Gasteiger partial charge in [0.2, 0.25) is 0 Å². The highest BCUT2D eigenvalue weighted by Crippen LogP contribution is 2.34. The van der Waals surface area contributed by atoms with Gasteiger partial charge < -0.3 is 9.78 Å². The van der Waals surface area contributed by atoms with Crippen LogP contribution in [0.1, 0.15) is 11.7 Å². The summed E-state index contributed by atoms with van der Waals surface area (Å²) in [5.41, 5.74) is 0.919. The van der Waals surface area contributed by atoms with Gasteiger partial charge in [0.15, 0.2) is 0 Å². The molecule has 1 aliphatic heterocycles. The van der Waals surface area contributed by atoms with E-state index in [1.54, 1.807) is 6.20 Å². The molecule has 2 atom stereocenters. The standard InChI is InChI=1S/C7H9N2OP/c10-6-4-9(11)7-5(6)2-1-3-8-7/h1-3,6,10H,4,11H2. The van der Waals surface area contributed by atoms with E-state index in [9.17, 15) is 5.11 Å². The Morgan fingerprint density at radius 3 is 3.27 bits per heavy atom. The Bertz CT molecular complexity index is 252. The Kier molecular flexibility index (Phi) is 1.55. The van der Waals surface area contributed by atoms with E-state index >= 15 is 0 Å². The fraction of sp³-hybridized carbons (Fsp3) is 0.286. The van der Waals surface area contributed by atoms with Gasteiger partial charge in [-0.05, 0) is 15.5 Å². The summed E-state index contributed by atoms with van der Waals surface area (Å²) in [6.45, 7) is 0.622.